The van der Waals surface area contributed by atoms with E-state index in [0.29, 0.717) is 0 Å². The zero-order valence-corrected chi connectivity index (χ0v) is 11.3. The van der Waals surface area contributed by atoms with Crippen LogP contribution in [0.5, 0.6) is 0 Å². The summed E-state index contributed by atoms with van der Waals surface area (Å²) in [7, 11) is 0. The van der Waals surface area contributed by atoms with Gasteiger partial charge in [-0.2, -0.15) is 0 Å². The molecule has 86 valence electrons. The molecule has 0 N–H and O–H groups in total. The van der Waals surface area contributed by atoms with Crippen LogP contribution in [0.4, 0.5) is 0 Å². The Bertz CT molecular complexity index is 125. The topological polar surface area (TPSA) is 0 Å². The predicted octanol–water partition coefficient (Wildman–Crippen LogP) is 4.99. The van der Waals surface area contributed by atoms with Gasteiger partial charge in [-0.15, -0.1) is 0 Å². The van der Waals surface area contributed by atoms with Gasteiger partial charge in [0.15, 0.2) is 0 Å². The smallest absolute Gasteiger partial charge is 0.0342 e. The highest BCUT2D eigenvalue weighted by atomic mass is 14.3. The Hall–Kier alpha value is 0. The minimum absolute atomic E-state index is 0.831. The van der Waals surface area contributed by atoms with E-state index in [9.17, 15) is 0 Å². The van der Waals surface area contributed by atoms with Gasteiger partial charge in [0.05, 0.1) is 0 Å². The molecule has 0 heteroatoms. The first kappa shape index (κ1) is 14.0. The van der Waals surface area contributed by atoms with Crippen molar-refractivity contribution in [3.63, 3.8) is 0 Å². The van der Waals surface area contributed by atoms with Crippen molar-refractivity contribution >= 4 is 0 Å². The standard InChI is InChI=1S/C14H30/c1-10(2)8-9-13(7)14(11(3)4)12(5)6/h10-14H,8-9H2,1-7H3. The van der Waals surface area contributed by atoms with E-state index in [1.165, 1.54) is 12.8 Å². The Morgan fingerprint density at radius 3 is 1.36 bits per heavy atom. The lowest BCUT2D eigenvalue weighted by Crippen LogP contribution is -2.23. The first-order valence-electron chi connectivity index (χ1n) is 6.36. The van der Waals surface area contributed by atoms with Gasteiger partial charge in [0.25, 0.3) is 0 Å². The molecule has 14 heavy (non-hydrogen) atoms. The minimum Gasteiger partial charge on any atom is -0.0628 e. The molecule has 0 radical (unpaired) electrons. The zero-order valence-electron chi connectivity index (χ0n) is 11.3. The largest absolute Gasteiger partial charge is 0.0628 e. The first-order valence-corrected chi connectivity index (χ1v) is 6.36. The third-order valence-electron chi connectivity index (χ3n) is 3.40. The number of hydrogen-bond donors (Lipinski definition) is 0. The maximum absolute atomic E-state index is 2.44. The fourth-order valence-electron chi connectivity index (χ4n) is 2.87. The van der Waals surface area contributed by atoms with Crippen LogP contribution in [-0.2, 0) is 0 Å². The normalized spacial score (nSPS) is 14.8. The van der Waals surface area contributed by atoms with Gasteiger partial charge in [0, 0.05) is 0 Å². The Kier molecular flexibility index (Phi) is 6.48. The van der Waals surface area contributed by atoms with E-state index in [1.807, 2.05) is 0 Å². The van der Waals surface area contributed by atoms with Crippen molar-refractivity contribution in [2.75, 3.05) is 0 Å². The van der Waals surface area contributed by atoms with Gasteiger partial charge in [0.2, 0.25) is 0 Å². The molecule has 0 heterocycles. The fourth-order valence-corrected chi connectivity index (χ4v) is 2.87. The quantitative estimate of drug-likeness (QED) is 0.564. The molecule has 0 amide bonds. The summed E-state index contributed by atoms with van der Waals surface area (Å²) in [6, 6.07) is 0. The van der Waals surface area contributed by atoms with E-state index in [0.717, 1.165) is 29.6 Å². The molecule has 0 rings (SSSR count). The Balaban J connectivity index is 4.09. The fraction of sp³-hybridized carbons (Fsp3) is 1.00. The molecule has 0 aromatic carbocycles. The van der Waals surface area contributed by atoms with Gasteiger partial charge in [-0.25, -0.2) is 0 Å². The van der Waals surface area contributed by atoms with Crippen molar-refractivity contribution in [1.82, 2.24) is 0 Å². The van der Waals surface area contributed by atoms with Crippen LogP contribution in [0.25, 0.3) is 0 Å². The number of rotatable bonds is 6. The summed E-state index contributed by atoms with van der Waals surface area (Å²) in [4.78, 5) is 0. The van der Waals surface area contributed by atoms with E-state index in [2.05, 4.69) is 48.5 Å². The second-order valence-electron chi connectivity index (χ2n) is 6.01. The Labute approximate surface area is 91.5 Å². The van der Waals surface area contributed by atoms with Crippen molar-refractivity contribution in [2.45, 2.75) is 61.3 Å². The van der Waals surface area contributed by atoms with Gasteiger partial charge >= 0.3 is 0 Å². The van der Waals surface area contributed by atoms with Crippen LogP contribution in [-0.4, -0.2) is 0 Å². The lowest BCUT2D eigenvalue weighted by molar-refractivity contribution is 0.183. The molecule has 0 fully saturated rings. The molecule has 0 aromatic heterocycles. The lowest BCUT2D eigenvalue weighted by atomic mass is 9.74. The summed E-state index contributed by atoms with van der Waals surface area (Å²) < 4.78 is 0. The molecule has 0 aliphatic heterocycles. The highest BCUT2D eigenvalue weighted by molar-refractivity contribution is 4.73. The van der Waals surface area contributed by atoms with Crippen molar-refractivity contribution in [3.05, 3.63) is 0 Å². The second-order valence-corrected chi connectivity index (χ2v) is 6.01. The first-order chi connectivity index (χ1) is 6.36. The average molecular weight is 198 g/mol. The van der Waals surface area contributed by atoms with Gasteiger partial charge in [-0.05, 0) is 29.6 Å². The summed E-state index contributed by atoms with van der Waals surface area (Å²) in [6.45, 7) is 16.6. The summed E-state index contributed by atoms with van der Waals surface area (Å²) in [6.07, 6.45) is 2.79. The van der Waals surface area contributed by atoms with Crippen molar-refractivity contribution < 1.29 is 0 Å². The Morgan fingerprint density at radius 2 is 1.07 bits per heavy atom. The predicted molar refractivity (Wildman–Crippen MR) is 66.4 cm³/mol. The van der Waals surface area contributed by atoms with Gasteiger partial charge in [0.1, 0.15) is 0 Å². The molecule has 0 aliphatic rings. The third kappa shape index (κ3) is 5.02. The summed E-state index contributed by atoms with van der Waals surface area (Å²) in [5, 5.41) is 0. The molecular formula is C14H30. The van der Waals surface area contributed by atoms with E-state index in [-0.39, 0.29) is 0 Å². The van der Waals surface area contributed by atoms with Crippen molar-refractivity contribution in [1.29, 1.82) is 0 Å². The van der Waals surface area contributed by atoms with Crippen molar-refractivity contribution in [2.24, 2.45) is 29.6 Å². The SMILES string of the molecule is CC(C)CCC(C)C(C(C)C)C(C)C. The molecule has 0 aromatic rings. The van der Waals surface area contributed by atoms with E-state index >= 15 is 0 Å². The molecule has 0 spiro atoms. The van der Waals surface area contributed by atoms with Crippen LogP contribution in [0.1, 0.15) is 61.3 Å². The van der Waals surface area contributed by atoms with Crippen molar-refractivity contribution in [3.8, 4) is 0 Å². The minimum atomic E-state index is 0.831. The lowest BCUT2D eigenvalue weighted by Gasteiger charge is -2.31. The molecule has 0 saturated carbocycles. The molecule has 0 saturated heterocycles. The summed E-state index contributed by atoms with van der Waals surface area (Å²) in [5.41, 5.74) is 0. The molecule has 0 bridgehead atoms. The van der Waals surface area contributed by atoms with Crippen LogP contribution >= 0.6 is 0 Å². The average Bonchev–Trinajstić information content (AvgIpc) is 1.99. The monoisotopic (exact) mass is 198 g/mol. The van der Waals surface area contributed by atoms with Crippen LogP contribution in [0.2, 0.25) is 0 Å². The highest BCUT2D eigenvalue weighted by Crippen LogP contribution is 2.31. The zero-order chi connectivity index (χ0) is 11.3. The molecule has 0 nitrogen and oxygen atoms in total. The van der Waals surface area contributed by atoms with Gasteiger partial charge in [-0.3, -0.25) is 0 Å². The molecule has 1 unspecified atom stereocenters. The van der Waals surface area contributed by atoms with Crippen LogP contribution in [0.15, 0.2) is 0 Å². The maximum Gasteiger partial charge on any atom is -0.0342 e. The second kappa shape index (κ2) is 6.48. The maximum atomic E-state index is 2.44. The third-order valence-corrected chi connectivity index (χ3v) is 3.40. The molecule has 1 atom stereocenters. The van der Waals surface area contributed by atoms with Crippen LogP contribution < -0.4 is 0 Å². The van der Waals surface area contributed by atoms with Gasteiger partial charge < -0.3 is 0 Å². The van der Waals surface area contributed by atoms with E-state index in [1.54, 1.807) is 0 Å². The Morgan fingerprint density at radius 1 is 0.643 bits per heavy atom. The summed E-state index contributed by atoms with van der Waals surface area (Å²) in [5.74, 6) is 4.30. The van der Waals surface area contributed by atoms with Gasteiger partial charge in [-0.1, -0.05) is 61.3 Å². The number of hydrogen-bond acceptors (Lipinski definition) is 0. The van der Waals surface area contributed by atoms with E-state index < -0.39 is 0 Å². The highest BCUT2D eigenvalue weighted by Gasteiger charge is 2.23. The summed E-state index contributed by atoms with van der Waals surface area (Å²) >= 11 is 0. The van der Waals surface area contributed by atoms with Crippen LogP contribution in [0, 0.1) is 29.6 Å². The van der Waals surface area contributed by atoms with E-state index in [4.69, 9.17) is 0 Å². The van der Waals surface area contributed by atoms with Crippen LogP contribution in [0.3, 0.4) is 0 Å². The molecule has 0 aliphatic carbocycles. The molecular weight excluding hydrogens is 168 g/mol.